The smallest absolute Gasteiger partial charge is 0.278 e. The van der Waals surface area contributed by atoms with E-state index in [0.717, 1.165) is 5.56 Å². The quantitative estimate of drug-likeness (QED) is 0.531. The van der Waals surface area contributed by atoms with Crippen LogP contribution in [0.4, 0.5) is 5.69 Å². The molecule has 1 aromatic heterocycles. The predicted molar refractivity (Wildman–Crippen MR) is 123 cm³/mol. The van der Waals surface area contributed by atoms with Crippen molar-refractivity contribution >= 4 is 23.1 Å². The van der Waals surface area contributed by atoms with Gasteiger partial charge >= 0.3 is 0 Å². The fourth-order valence-corrected chi connectivity index (χ4v) is 3.63. The van der Waals surface area contributed by atoms with E-state index in [4.69, 9.17) is 14.2 Å². The average Bonchev–Trinajstić information content (AvgIpc) is 3.08. The Morgan fingerprint density at radius 1 is 0.879 bits per heavy atom. The van der Waals surface area contributed by atoms with Gasteiger partial charge in [0.25, 0.3) is 11.8 Å². The minimum atomic E-state index is -0.452. The van der Waals surface area contributed by atoms with Crippen molar-refractivity contribution in [1.82, 2.24) is 9.88 Å². The van der Waals surface area contributed by atoms with Crippen molar-refractivity contribution in [3.05, 3.63) is 83.8 Å². The summed E-state index contributed by atoms with van der Waals surface area (Å²) in [6.45, 7) is 0.0940. The number of pyridine rings is 1. The summed E-state index contributed by atoms with van der Waals surface area (Å²) in [4.78, 5) is 32.3. The highest BCUT2D eigenvalue weighted by Gasteiger charge is 2.40. The highest BCUT2D eigenvalue weighted by Crippen LogP contribution is 2.37. The normalized spacial score (nSPS) is 13.4. The van der Waals surface area contributed by atoms with Crippen molar-refractivity contribution < 1.29 is 23.8 Å². The second-order valence-electron chi connectivity index (χ2n) is 7.23. The van der Waals surface area contributed by atoms with E-state index in [0.29, 0.717) is 28.5 Å². The lowest BCUT2D eigenvalue weighted by Crippen LogP contribution is -2.32. The number of nitrogens with zero attached hydrogens (tertiary/aromatic N) is 2. The van der Waals surface area contributed by atoms with Crippen molar-refractivity contribution in [2.45, 2.75) is 6.54 Å². The van der Waals surface area contributed by atoms with Gasteiger partial charge in [-0.05, 0) is 17.7 Å². The van der Waals surface area contributed by atoms with Gasteiger partial charge in [0.05, 0.1) is 33.4 Å². The van der Waals surface area contributed by atoms with Gasteiger partial charge in [-0.25, -0.2) is 0 Å². The summed E-state index contributed by atoms with van der Waals surface area (Å²) >= 11 is 0. The van der Waals surface area contributed by atoms with E-state index in [1.165, 1.54) is 26.2 Å². The number of hydrogen-bond donors (Lipinski definition) is 1. The monoisotopic (exact) mass is 445 g/mol. The first kappa shape index (κ1) is 21.9. The zero-order valence-corrected chi connectivity index (χ0v) is 18.5. The van der Waals surface area contributed by atoms with E-state index in [1.807, 2.05) is 6.07 Å². The molecule has 1 aliphatic heterocycles. The number of methoxy groups -OCH3 is 3. The molecule has 0 aliphatic carbocycles. The molecule has 1 N–H and O–H groups in total. The maximum absolute atomic E-state index is 13.5. The first-order valence-corrected chi connectivity index (χ1v) is 10.2. The maximum atomic E-state index is 13.5. The Bertz CT molecular complexity index is 1200. The van der Waals surface area contributed by atoms with Crippen LogP contribution < -0.4 is 19.5 Å². The van der Waals surface area contributed by atoms with E-state index in [1.54, 1.807) is 60.9 Å². The van der Waals surface area contributed by atoms with E-state index < -0.39 is 11.8 Å². The van der Waals surface area contributed by atoms with Crippen molar-refractivity contribution in [3.63, 3.8) is 0 Å². The molecule has 2 aromatic carbocycles. The van der Waals surface area contributed by atoms with Gasteiger partial charge in [0.1, 0.15) is 22.9 Å². The van der Waals surface area contributed by atoms with Crippen molar-refractivity contribution in [2.75, 3.05) is 26.6 Å². The van der Waals surface area contributed by atoms with Gasteiger partial charge in [-0.1, -0.05) is 24.3 Å². The fraction of sp³-hybridized carbons (Fsp3) is 0.160. The molecule has 0 fully saturated rings. The number of ether oxygens (including phenoxy) is 3. The van der Waals surface area contributed by atoms with Crippen LogP contribution in [0.2, 0.25) is 0 Å². The number of rotatable bonds is 8. The van der Waals surface area contributed by atoms with E-state index >= 15 is 0 Å². The predicted octanol–water partition coefficient (Wildman–Crippen LogP) is 3.50. The molecule has 8 heteroatoms. The highest BCUT2D eigenvalue weighted by atomic mass is 16.5. The summed E-state index contributed by atoms with van der Waals surface area (Å²) < 4.78 is 16.1. The molecular weight excluding hydrogens is 422 g/mol. The molecule has 0 saturated heterocycles. The molecule has 0 radical (unpaired) electrons. The number of hydrogen-bond acceptors (Lipinski definition) is 7. The molecule has 0 atom stereocenters. The maximum Gasteiger partial charge on any atom is 0.278 e. The van der Waals surface area contributed by atoms with E-state index in [9.17, 15) is 9.59 Å². The Morgan fingerprint density at radius 3 is 2.24 bits per heavy atom. The number of benzene rings is 2. The lowest BCUT2D eigenvalue weighted by molar-refractivity contribution is -0.137. The number of para-hydroxylation sites is 1. The van der Waals surface area contributed by atoms with Crippen LogP contribution in [0.3, 0.4) is 0 Å². The summed E-state index contributed by atoms with van der Waals surface area (Å²) in [5.41, 5.74) is 2.16. The largest absolute Gasteiger partial charge is 0.497 e. The van der Waals surface area contributed by atoms with Gasteiger partial charge in [0.2, 0.25) is 0 Å². The molecule has 8 nitrogen and oxygen atoms in total. The molecule has 2 heterocycles. The summed E-state index contributed by atoms with van der Waals surface area (Å²) in [6.07, 6.45) is 3.26. The Hall–Kier alpha value is -4.33. The molecule has 0 unspecified atom stereocenters. The van der Waals surface area contributed by atoms with Crippen LogP contribution >= 0.6 is 0 Å². The molecule has 4 rings (SSSR count). The standard InChI is InChI=1S/C25H23N3O5/c1-31-18-11-17(12-19(13-18)32-2)27-23-22(20-8-4-5-9-21(20)33-3)24(29)28(25(23)30)15-16-7-6-10-26-14-16/h4-14,27H,15H2,1-3H3. The first-order chi connectivity index (χ1) is 16.0. The van der Waals surface area contributed by atoms with Gasteiger partial charge < -0.3 is 19.5 Å². The van der Waals surface area contributed by atoms with Crippen LogP contribution in [0.25, 0.3) is 5.57 Å². The summed E-state index contributed by atoms with van der Waals surface area (Å²) in [7, 11) is 4.60. The number of imide groups is 1. The fourth-order valence-electron chi connectivity index (χ4n) is 3.63. The van der Waals surface area contributed by atoms with Crippen LogP contribution in [-0.2, 0) is 16.1 Å². The lowest BCUT2D eigenvalue weighted by Gasteiger charge is -2.15. The highest BCUT2D eigenvalue weighted by molar-refractivity contribution is 6.36. The second-order valence-corrected chi connectivity index (χ2v) is 7.23. The molecule has 33 heavy (non-hydrogen) atoms. The molecule has 0 spiro atoms. The Labute approximate surface area is 191 Å². The lowest BCUT2D eigenvalue weighted by atomic mass is 10.0. The molecule has 1 aliphatic rings. The molecule has 168 valence electrons. The van der Waals surface area contributed by atoms with Crippen LogP contribution in [0.1, 0.15) is 11.1 Å². The minimum absolute atomic E-state index is 0.0940. The third-order valence-electron chi connectivity index (χ3n) is 5.23. The minimum Gasteiger partial charge on any atom is -0.497 e. The zero-order chi connectivity index (χ0) is 23.4. The summed E-state index contributed by atoms with van der Waals surface area (Å²) in [5.74, 6) is 0.692. The number of amides is 2. The van der Waals surface area contributed by atoms with Crippen molar-refractivity contribution in [3.8, 4) is 17.2 Å². The number of nitrogens with one attached hydrogen (secondary N) is 1. The second kappa shape index (κ2) is 9.44. The molecule has 3 aromatic rings. The number of carbonyl (C=O) groups is 2. The van der Waals surface area contributed by atoms with Crippen molar-refractivity contribution in [1.29, 1.82) is 0 Å². The molecular formula is C25H23N3O5. The number of anilines is 1. The van der Waals surface area contributed by atoms with Gasteiger partial charge in [-0.15, -0.1) is 0 Å². The van der Waals surface area contributed by atoms with Crippen LogP contribution in [0, 0.1) is 0 Å². The number of aromatic nitrogens is 1. The van der Waals surface area contributed by atoms with Gasteiger partial charge in [-0.3, -0.25) is 19.5 Å². The number of carbonyl (C=O) groups excluding carboxylic acids is 2. The van der Waals surface area contributed by atoms with Crippen LogP contribution in [0.15, 0.2) is 72.7 Å². The SMILES string of the molecule is COc1cc(NC2=C(c3ccccc3OC)C(=O)N(Cc3cccnc3)C2=O)cc(OC)c1. The Balaban J connectivity index is 1.80. The van der Waals surface area contributed by atoms with Crippen LogP contribution in [-0.4, -0.2) is 43.0 Å². The van der Waals surface area contributed by atoms with Crippen LogP contribution in [0.5, 0.6) is 17.2 Å². The molecule has 2 amide bonds. The first-order valence-electron chi connectivity index (χ1n) is 10.2. The average molecular weight is 445 g/mol. The summed E-state index contributed by atoms with van der Waals surface area (Å²) in [6, 6.07) is 15.8. The zero-order valence-electron chi connectivity index (χ0n) is 18.5. The third kappa shape index (κ3) is 4.36. The topological polar surface area (TPSA) is 90.0 Å². The van der Waals surface area contributed by atoms with E-state index in [-0.39, 0.29) is 17.8 Å². The Kier molecular flexibility index (Phi) is 6.26. The van der Waals surface area contributed by atoms with E-state index in [2.05, 4.69) is 10.3 Å². The van der Waals surface area contributed by atoms with Crippen molar-refractivity contribution in [2.24, 2.45) is 0 Å². The Morgan fingerprint density at radius 2 is 1.61 bits per heavy atom. The molecule has 0 bridgehead atoms. The molecule has 0 saturated carbocycles. The van der Waals surface area contributed by atoms with Gasteiger partial charge in [0.15, 0.2) is 0 Å². The summed E-state index contributed by atoms with van der Waals surface area (Å²) in [5, 5.41) is 3.12. The third-order valence-corrected chi connectivity index (χ3v) is 5.23. The van der Waals surface area contributed by atoms with Gasteiger partial charge in [0, 0.05) is 41.8 Å². The van der Waals surface area contributed by atoms with Gasteiger partial charge in [-0.2, -0.15) is 0 Å².